The molecule has 1 heterocycles. The van der Waals surface area contributed by atoms with E-state index in [4.69, 9.17) is 9.15 Å². The van der Waals surface area contributed by atoms with Gasteiger partial charge in [0.25, 0.3) is 0 Å². The second kappa shape index (κ2) is 14.7. The molecule has 4 heteroatoms. The van der Waals surface area contributed by atoms with Crippen LogP contribution in [0.4, 0.5) is 0 Å². The van der Waals surface area contributed by atoms with Crippen LogP contribution < -0.4 is 29.6 Å². The van der Waals surface area contributed by atoms with Crippen LogP contribution in [0.5, 0.6) is 0 Å². The maximum atomic E-state index is 11.5. The molecule has 0 aliphatic heterocycles. The van der Waals surface area contributed by atoms with Gasteiger partial charge in [-0.05, 0) is 18.6 Å². The third kappa shape index (κ3) is 11.0. The number of hydrogen-bond donors (Lipinski definition) is 0. The van der Waals surface area contributed by atoms with Crippen molar-refractivity contribution in [1.29, 1.82) is 0 Å². The SMILES string of the molecule is CCCCCCCCCCCCOC(=O)c1ccco1.[H-].[Na+]. The maximum Gasteiger partial charge on any atom is 1.00 e. The number of furan rings is 1. The molecule has 0 N–H and O–H groups in total. The van der Waals surface area contributed by atoms with E-state index >= 15 is 0 Å². The van der Waals surface area contributed by atoms with Crippen LogP contribution in [0.1, 0.15) is 83.1 Å². The van der Waals surface area contributed by atoms with Crippen molar-refractivity contribution in [3.63, 3.8) is 0 Å². The van der Waals surface area contributed by atoms with Crippen LogP contribution in [0, 0.1) is 0 Å². The van der Waals surface area contributed by atoms with Crippen molar-refractivity contribution in [2.75, 3.05) is 6.61 Å². The smallest absolute Gasteiger partial charge is 1.00 e. The van der Waals surface area contributed by atoms with Crippen LogP contribution in [0.2, 0.25) is 0 Å². The molecule has 0 spiro atoms. The summed E-state index contributed by atoms with van der Waals surface area (Å²) in [5.41, 5.74) is 0. The van der Waals surface area contributed by atoms with Gasteiger partial charge in [-0.1, -0.05) is 64.7 Å². The minimum Gasteiger partial charge on any atom is -1.00 e. The van der Waals surface area contributed by atoms with Crippen molar-refractivity contribution >= 4 is 5.97 Å². The molecule has 3 nitrogen and oxygen atoms in total. The van der Waals surface area contributed by atoms with E-state index in [2.05, 4.69) is 6.92 Å². The summed E-state index contributed by atoms with van der Waals surface area (Å²) < 4.78 is 10.1. The normalized spacial score (nSPS) is 10.1. The standard InChI is InChI=1S/C17H28O3.Na.H/c1-2-3-4-5-6-7-8-9-10-11-14-20-17(18)16-13-12-15-19-16;;/h12-13,15H,2-11,14H2,1H3;;/q;+1;-1. The number of rotatable bonds is 12. The number of unbranched alkanes of at least 4 members (excludes halogenated alkanes) is 9. The van der Waals surface area contributed by atoms with E-state index in [0.29, 0.717) is 6.61 Å². The molecule has 0 aliphatic carbocycles. The molecule has 1 rings (SSSR count). The summed E-state index contributed by atoms with van der Waals surface area (Å²) >= 11 is 0. The monoisotopic (exact) mass is 304 g/mol. The number of ether oxygens (including phenoxy) is 1. The number of carbonyl (C=O) groups is 1. The van der Waals surface area contributed by atoms with Crippen molar-refractivity contribution in [3.8, 4) is 0 Å². The number of hydrogen-bond acceptors (Lipinski definition) is 3. The van der Waals surface area contributed by atoms with Gasteiger partial charge >= 0.3 is 35.5 Å². The van der Waals surface area contributed by atoms with Gasteiger partial charge in [0.1, 0.15) is 0 Å². The first-order valence-corrected chi connectivity index (χ1v) is 8.05. The maximum absolute atomic E-state index is 11.5. The Morgan fingerprint density at radius 2 is 1.62 bits per heavy atom. The Labute approximate surface area is 152 Å². The molecule has 0 unspecified atom stereocenters. The van der Waals surface area contributed by atoms with E-state index < -0.39 is 0 Å². The predicted octanol–water partition coefficient (Wildman–Crippen LogP) is 2.47. The number of carbonyl (C=O) groups excluding carboxylic acids is 1. The van der Waals surface area contributed by atoms with Crippen LogP contribution in [0.25, 0.3) is 0 Å². The minimum absolute atomic E-state index is 0. The molecular weight excluding hydrogens is 275 g/mol. The van der Waals surface area contributed by atoms with Gasteiger partial charge in [-0.15, -0.1) is 0 Å². The van der Waals surface area contributed by atoms with Crippen molar-refractivity contribution < 1.29 is 44.9 Å². The average Bonchev–Trinajstić information content (AvgIpc) is 2.99. The molecule has 21 heavy (non-hydrogen) atoms. The quantitative estimate of drug-likeness (QED) is 0.338. The van der Waals surface area contributed by atoms with Gasteiger partial charge in [0.05, 0.1) is 12.9 Å². The van der Waals surface area contributed by atoms with Crippen LogP contribution in [0.15, 0.2) is 22.8 Å². The first-order chi connectivity index (χ1) is 9.84. The molecule has 0 aromatic carbocycles. The van der Waals surface area contributed by atoms with E-state index in [-0.39, 0.29) is 42.7 Å². The number of esters is 1. The molecule has 0 radical (unpaired) electrons. The summed E-state index contributed by atoms with van der Waals surface area (Å²) in [7, 11) is 0. The van der Waals surface area contributed by atoms with Gasteiger partial charge in [-0.2, -0.15) is 0 Å². The molecule has 116 valence electrons. The van der Waals surface area contributed by atoms with Crippen LogP contribution in [-0.2, 0) is 4.74 Å². The second-order valence-corrected chi connectivity index (χ2v) is 5.30. The predicted molar refractivity (Wildman–Crippen MR) is 81.9 cm³/mol. The Morgan fingerprint density at radius 1 is 1.05 bits per heavy atom. The summed E-state index contributed by atoms with van der Waals surface area (Å²) in [5.74, 6) is -0.0667. The zero-order valence-corrected chi connectivity index (χ0v) is 15.7. The molecule has 1 aromatic heterocycles. The third-order valence-corrected chi connectivity index (χ3v) is 3.45. The van der Waals surface area contributed by atoms with Crippen molar-refractivity contribution in [2.45, 2.75) is 71.1 Å². The van der Waals surface area contributed by atoms with E-state index in [1.165, 1.54) is 57.6 Å². The van der Waals surface area contributed by atoms with Crippen molar-refractivity contribution in [1.82, 2.24) is 0 Å². The fourth-order valence-electron chi connectivity index (χ4n) is 2.22. The Balaban J connectivity index is 0. The molecule has 0 aliphatic rings. The third-order valence-electron chi connectivity index (χ3n) is 3.45. The molecule has 0 amide bonds. The van der Waals surface area contributed by atoms with Gasteiger partial charge in [-0.25, -0.2) is 4.79 Å². The Hall–Kier alpha value is -0.250. The van der Waals surface area contributed by atoms with Gasteiger partial charge in [0.15, 0.2) is 0 Å². The summed E-state index contributed by atoms with van der Waals surface area (Å²) in [6.45, 7) is 2.74. The van der Waals surface area contributed by atoms with E-state index in [1.54, 1.807) is 12.1 Å². The molecule has 0 saturated carbocycles. The summed E-state index contributed by atoms with van der Waals surface area (Å²) in [4.78, 5) is 11.5. The van der Waals surface area contributed by atoms with Crippen LogP contribution in [0.3, 0.4) is 0 Å². The van der Waals surface area contributed by atoms with Gasteiger partial charge in [0, 0.05) is 0 Å². The summed E-state index contributed by atoms with van der Waals surface area (Å²) in [5, 5.41) is 0. The molecule has 1 aromatic rings. The zero-order chi connectivity index (χ0) is 14.5. The zero-order valence-electron chi connectivity index (χ0n) is 14.7. The summed E-state index contributed by atoms with van der Waals surface area (Å²) in [6, 6.07) is 3.32. The largest absolute Gasteiger partial charge is 1.00 e. The summed E-state index contributed by atoms with van der Waals surface area (Å²) in [6.07, 6.45) is 14.3. The molecule has 0 bridgehead atoms. The van der Waals surface area contributed by atoms with Crippen LogP contribution in [-0.4, -0.2) is 12.6 Å². The Morgan fingerprint density at radius 3 is 2.14 bits per heavy atom. The van der Waals surface area contributed by atoms with Gasteiger partial charge in [0.2, 0.25) is 5.76 Å². The minimum atomic E-state index is -0.356. The Kier molecular flexibility index (Phi) is 14.5. The Bertz CT molecular complexity index is 342. The first kappa shape index (κ1) is 20.8. The first-order valence-electron chi connectivity index (χ1n) is 8.05. The van der Waals surface area contributed by atoms with Crippen LogP contribution >= 0.6 is 0 Å². The van der Waals surface area contributed by atoms with Crippen molar-refractivity contribution in [2.24, 2.45) is 0 Å². The molecule has 0 saturated heterocycles. The van der Waals surface area contributed by atoms with Crippen molar-refractivity contribution in [3.05, 3.63) is 24.2 Å². The van der Waals surface area contributed by atoms with Gasteiger partial charge in [-0.3, -0.25) is 0 Å². The topological polar surface area (TPSA) is 39.4 Å². The van der Waals surface area contributed by atoms with E-state index in [0.717, 1.165) is 12.8 Å². The second-order valence-electron chi connectivity index (χ2n) is 5.30. The van der Waals surface area contributed by atoms with E-state index in [1.807, 2.05) is 0 Å². The van der Waals surface area contributed by atoms with E-state index in [9.17, 15) is 4.79 Å². The fourth-order valence-corrected chi connectivity index (χ4v) is 2.22. The molecular formula is C17H29NaO3. The fraction of sp³-hybridized carbons (Fsp3) is 0.706. The molecule has 0 atom stereocenters. The average molecular weight is 304 g/mol. The molecule has 0 fully saturated rings. The van der Waals surface area contributed by atoms with Gasteiger partial charge < -0.3 is 10.6 Å².